The summed E-state index contributed by atoms with van der Waals surface area (Å²) in [6, 6.07) is 69.4. The maximum Gasteiger partial charge on any atom is 0.332 e. The van der Waals surface area contributed by atoms with Gasteiger partial charge in [-0.1, -0.05) is 137 Å². The highest BCUT2D eigenvalue weighted by atomic mass is 32.2. The molecule has 9 aromatic rings. The predicted molar refractivity (Wildman–Crippen MR) is 330 cm³/mol. The molecule has 1 saturated heterocycles. The number of hydrogen-bond donors (Lipinski definition) is 0. The molecule has 0 atom stereocenters. The van der Waals surface area contributed by atoms with Crippen LogP contribution >= 0.6 is 23.5 Å². The summed E-state index contributed by atoms with van der Waals surface area (Å²) in [5, 5.41) is 7.74. The molecule has 0 N–H and O–H groups in total. The smallest absolute Gasteiger partial charge is 0.332 e. The van der Waals surface area contributed by atoms with Crippen LogP contribution in [-0.4, -0.2) is 72.8 Å². The van der Waals surface area contributed by atoms with Gasteiger partial charge in [-0.2, -0.15) is 0 Å². The summed E-state index contributed by atoms with van der Waals surface area (Å²) in [5.41, 5.74) is 9.66. The fourth-order valence-electron chi connectivity index (χ4n) is 8.99. The number of hydrogen-bond acceptors (Lipinski definition) is 14. The van der Waals surface area contributed by atoms with Crippen molar-refractivity contribution < 1.29 is 43.2 Å². The Labute approximate surface area is 496 Å². The predicted octanol–water partition coefficient (Wildman–Crippen LogP) is 14.6. The van der Waals surface area contributed by atoms with Crippen LogP contribution in [0.4, 0.5) is 5.69 Å². The van der Waals surface area contributed by atoms with Gasteiger partial charge >= 0.3 is 11.9 Å². The quantitative estimate of drug-likeness (QED) is 0.0347. The van der Waals surface area contributed by atoms with Crippen LogP contribution in [0.1, 0.15) is 88.7 Å². The first-order valence-electron chi connectivity index (χ1n) is 26.9. The SMILES string of the molecule is CC(=O)O/N=C(\C(=O)c1ccc(Sc2ccc(C(=O)c3ccc(-c4ccccc4)cc3)cc2)cc1)c1ccccc1C.CC(=O)O/N=C(\C(=O)c1ccc(Sc2ccc(C(=O)c3ccc(N4CCOCC4)cc3)cc2)cc1)c1ccccc1C. The highest BCUT2D eigenvalue weighted by molar-refractivity contribution is 7.99. The molecule has 0 aromatic heterocycles. The summed E-state index contributed by atoms with van der Waals surface area (Å²) in [7, 11) is 0. The molecule has 14 heteroatoms. The van der Waals surface area contributed by atoms with E-state index in [0.29, 0.717) is 57.7 Å². The van der Waals surface area contributed by atoms with E-state index in [0.717, 1.165) is 60.6 Å². The first-order chi connectivity index (χ1) is 40.8. The van der Waals surface area contributed by atoms with Crippen LogP contribution in [0.2, 0.25) is 0 Å². The molecule has 1 aliphatic heterocycles. The third-order valence-electron chi connectivity index (χ3n) is 13.5. The average Bonchev–Trinajstić information content (AvgIpc) is 3.61. The second-order valence-corrected chi connectivity index (χ2v) is 21.7. The lowest BCUT2D eigenvalue weighted by Crippen LogP contribution is -2.36. The molecule has 0 amide bonds. The van der Waals surface area contributed by atoms with Gasteiger partial charge in [-0.3, -0.25) is 19.2 Å². The van der Waals surface area contributed by atoms with Crippen molar-refractivity contribution in [3.05, 3.63) is 280 Å². The standard InChI is InChI=1S/C36H27NO4S.C34H30N2O5S/c1-24-8-6-7-11-33(24)34(37-41-25(2)38)36(40)30-18-22-32(23-19-30)42-31-20-16-29(17-21-31)35(39)28-14-12-27(13-15-28)26-9-4-3-5-10-26;1-23-5-3-4-6-31(23)32(35-41-24(2)37)34(39)27-11-17-30(18-12-27)42-29-15-9-26(10-16-29)33(38)25-7-13-28(14-8-25)36-19-21-40-22-20-36/h3-23H,1-2H3;3-18H,19-22H2,1-2H3/b37-34-;35-32-. The van der Waals surface area contributed by atoms with Gasteiger partial charge in [0, 0.05) is 96.7 Å². The molecule has 1 aliphatic rings. The van der Waals surface area contributed by atoms with E-state index < -0.39 is 11.9 Å². The molecule has 418 valence electrons. The van der Waals surface area contributed by atoms with Crippen LogP contribution in [0.3, 0.4) is 0 Å². The van der Waals surface area contributed by atoms with Gasteiger partial charge < -0.3 is 19.3 Å². The third kappa shape index (κ3) is 15.5. The molecule has 0 aliphatic carbocycles. The molecule has 0 saturated carbocycles. The monoisotopic (exact) mass is 1150 g/mol. The molecule has 0 radical (unpaired) electrons. The topological polar surface area (TPSA) is 158 Å². The third-order valence-corrected chi connectivity index (χ3v) is 15.5. The van der Waals surface area contributed by atoms with Gasteiger partial charge in [0.2, 0.25) is 11.6 Å². The normalized spacial score (nSPS) is 12.3. The van der Waals surface area contributed by atoms with Crippen molar-refractivity contribution in [2.24, 2.45) is 10.3 Å². The molecule has 0 bridgehead atoms. The molecule has 0 unspecified atom stereocenters. The zero-order valence-corrected chi connectivity index (χ0v) is 48.2. The summed E-state index contributed by atoms with van der Waals surface area (Å²) < 4.78 is 5.42. The van der Waals surface area contributed by atoms with Gasteiger partial charge in [0.1, 0.15) is 0 Å². The number of nitrogens with zero attached hydrogens (tertiary/aromatic N) is 3. The summed E-state index contributed by atoms with van der Waals surface area (Å²) in [6.07, 6.45) is 0. The number of ketones is 4. The molecule has 84 heavy (non-hydrogen) atoms. The summed E-state index contributed by atoms with van der Waals surface area (Å²) >= 11 is 3.05. The number of oxime groups is 2. The Morgan fingerprint density at radius 1 is 0.393 bits per heavy atom. The highest BCUT2D eigenvalue weighted by Gasteiger charge is 2.22. The second kappa shape index (κ2) is 28.4. The Balaban J connectivity index is 0.000000202. The van der Waals surface area contributed by atoms with Crippen LogP contribution in [0.5, 0.6) is 0 Å². The van der Waals surface area contributed by atoms with E-state index in [2.05, 4.69) is 15.2 Å². The van der Waals surface area contributed by atoms with Crippen molar-refractivity contribution in [1.29, 1.82) is 0 Å². The Hall–Kier alpha value is -9.60. The number of carbonyl (C=O) groups excluding carboxylic acids is 6. The van der Waals surface area contributed by atoms with Gasteiger partial charge in [-0.05, 0) is 157 Å². The number of carbonyl (C=O) groups is 6. The highest BCUT2D eigenvalue weighted by Crippen LogP contribution is 2.31. The van der Waals surface area contributed by atoms with E-state index in [9.17, 15) is 28.8 Å². The van der Waals surface area contributed by atoms with Gasteiger partial charge in [-0.15, -0.1) is 0 Å². The van der Waals surface area contributed by atoms with Crippen LogP contribution in [-0.2, 0) is 24.0 Å². The van der Waals surface area contributed by atoms with Crippen LogP contribution < -0.4 is 4.90 Å². The van der Waals surface area contributed by atoms with E-state index in [1.54, 1.807) is 48.5 Å². The minimum absolute atomic E-state index is 0.0252. The number of Topliss-reactive ketones (excluding diaryl/α,β-unsaturated/α-hetero) is 2. The van der Waals surface area contributed by atoms with Crippen LogP contribution in [0.25, 0.3) is 11.1 Å². The van der Waals surface area contributed by atoms with Gasteiger partial charge in [-0.25, -0.2) is 9.59 Å². The van der Waals surface area contributed by atoms with Crippen molar-refractivity contribution in [2.75, 3.05) is 31.2 Å². The Kier molecular flexibility index (Phi) is 20.0. The number of morpholine rings is 1. The Morgan fingerprint density at radius 3 is 1.08 bits per heavy atom. The van der Waals surface area contributed by atoms with Crippen molar-refractivity contribution >= 4 is 75.7 Å². The lowest BCUT2D eigenvalue weighted by Gasteiger charge is -2.28. The summed E-state index contributed by atoms with van der Waals surface area (Å²) in [4.78, 5) is 91.2. The van der Waals surface area contributed by atoms with Crippen molar-refractivity contribution in [2.45, 2.75) is 47.3 Å². The van der Waals surface area contributed by atoms with Gasteiger partial charge in [0.25, 0.3) is 0 Å². The average molecular weight is 1150 g/mol. The van der Waals surface area contributed by atoms with Crippen molar-refractivity contribution in [1.82, 2.24) is 0 Å². The zero-order valence-electron chi connectivity index (χ0n) is 46.5. The molecular formula is C70H57N3O9S2. The van der Waals surface area contributed by atoms with Gasteiger partial charge in [0.15, 0.2) is 23.0 Å². The van der Waals surface area contributed by atoms with Crippen LogP contribution in [0.15, 0.2) is 254 Å². The number of benzene rings is 9. The van der Waals surface area contributed by atoms with Gasteiger partial charge in [0.05, 0.1) is 13.2 Å². The number of rotatable bonds is 18. The number of ether oxygens (including phenoxy) is 1. The molecule has 0 spiro atoms. The molecule has 9 aromatic carbocycles. The fourth-order valence-corrected chi connectivity index (χ4v) is 10.6. The van der Waals surface area contributed by atoms with E-state index in [-0.39, 0.29) is 34.6 Å². The number of aryl methyl sites for hydroxylation is 2. The molecular weight excluding hydrogens is 1090 g/mol. The van der Waals surface area contributed by atoms with E-state index >= 15 is 0 Å². The van der Waals surface area contributed by atoms with Crippen molar-refractivity contribution in [3.63, 3.8) is 0 Å². The fraction of sp³-hybridized carbons (Fsp3) is 0.114. The lowest BCUT2D eigenvalue weighted by molar-refractivity contribution is -0.141. The molecule has 1 heterocycles. The first kappa shape index (κ1) is 59.0. The zero-order chi connectivity index (χ0) is 59.0. The minimum Gasteiger partial charge on any atom is -0.378 e. The summed E-state index contributed by atoms with van der Waals surface area (Å²) in [5.74, 6) is -1.95. The maximum absolute atomic E-state index is 13.3. The largest absolute Gasteiger partial charge is 0.378 e. The molecule has 1 fully saturated rings. The van der Waals surface area contributed by atoms with Crippen LogP contribution in [0, 0.1) is 13.8 Å². The van der Waals surface area contributed by atoms with E-state index in [1.165, 1.54) is 37.4 Å². The summed E-state index contributed by atoms with van der Waals surface area (Å²) in [6.45, 7) is 9.35. The van der Waals surface area contributed by atoms with E-state index in [4.69, 9.17) is 14.4 Å². The first-order valence-corrected chi connectivity index (χ1v) is 28.6. The second-order valence-electron chi connectivity index (χ2n) is 19.4. The van der Waals surface area contributed by atoms with Crippen molar-refractivity contribution in [3.8, 4) is 11.1 Å². The maximum atomic E-state index is 13.3. The minimum atomic E-state index is -0.602. The lowest BCUT2D eigenvalue weighted by atomic mass is 9.97. The molecule has 12 nitrogen and oxygen atoms in total. The Bertz CT molecular complexity index is 3880. The van der Waals surface area contributed by atoms with E-state index in [1.807, 2.05) is 190 Å². The Morgan fingerprint density at radius 2 is 0.714 bits per heavy atom. The number of anilines is 1. The molecule has 10 rings (SSSR count).